The third-order valence-electron chi connectivity index (χ3n) is 10.5. The second-order valence-corrected chi connectivity index (χ2v) is 15.2. The summed E-state index contributed by atoms with van der Waals surface area (Å²) < 4.78 is 49.9. The molecule has 0 amide bonds. The van der Waals surface area contributed by atoms with Gasteiger partial charge < -0.3 is 34.4 Å². The fraction of sp³-hybridized carbons (Fsp3) is 0.390. The van der Waals surface area contributed by atoms with E-state index in [0.717, 1.165) is 50.9 Å². The highest BCUT2D eigenvalue weighted by atomic mass is 35.5. The van der Waals surface area contributed by atoms with Crippen molar-refractivity contribution in [2.24, 2.45) is 5.92 Å². The number of piperidine rings is 1. The maximum atomic E-state index is 13.9. The number of aromatic nitrogens is 1. The first-order chi connectivity index (χ1) is 26.5. The predicted octanol–water partition coefficient (Wildman–Crippen LogP) is 8.48. The van der Waals surface area contributed by atoms with Gasteiger partial charge in [0.2, 0.25) is 0 Å². The number of fused-ring (bicyclic) bond motifs is 2. The average Bonchev–Trinajstić information content (AvgIpc) is 3.97. The number of esters is 2. The summed E-state index contributed by atoms with van der Waals surface area (Å²) in [6.45, 7) is -2.78. The maximum Gasteiger partial charge on any atom is 0.387 e. The van der Waals surface area contributed by atoms with E-state index in [9.17, 15) is 23.6 Å². The lowest BCUT2D eigenvalue weighted by Crippen LogP contribution is -2.44. The molecule has 0 radical (unpaired) electrons. The zero-order valence-corrected chi connectivity index (χ0v) is 31.6. The van der Waals surface area contributed by atoms with E-state index < -0.39 is 30.7 Å². The van der Waals surface area contributed by atoms with Crippen LogP contribution in [0.2, 0.25) is 10.0 Å². The van der Waals surface area contributed by atoms with Crippen LogP contribution in [-0.4, -0.2) is 55.3 Å². The van der Waals surface area contributed by atoms with Crippen LogP contribution < -0.4 is 19.5 Å². The van der Waals surface area contributed by atoms with Gasteiger partial charge in [0.05, 0.1) is 12.2 Å². The molecule has 55 heavy (non-hydrogen) atoms. The van der Waals surface area contributed by atoms with Crippen molar-refractivity contribution < 1.29 is 42.0 Å². The number of ether oxygens (including phenoxy) is 4. The molecule has 2 bridgehead atoms. The van der Waals surface area contributed by atoms with Crippen molar-refractivity contribution in [1.82, 2.24) is 4.90 Å². The number of nitrogens with zero attached hydrogens (tertiary/aromatic N) is 2. The van der Waals surface area contributed by atoms with Crippen LogP contribution in [0.15, 0.2) is 85.2 Å². The molecule has 1 aromatic heterocycles. The van der Waals surface area contributed by atoms with Crippen molar-refractivity contribution in [3.05, 3.63) is 123 Å². The highest BCUT2D eigenvalue weighted by Gasteiger charge is 2.40. The van der Waals surface area contributed by atoms with Crippen LogP contribution in [0.4, 0.5) is 14.5 Å². The Morgan fingerprint density at radius 2 is 1.62 bits per heavy atom. The molecule has 3 fully saturated rings. The van der Waals surface area contributed by atoms with Gasteiger partial charge in [0.15, 0.2) is 29.9 Å². The number of carbonyl (C=O) groups excluding carboxylic acids is 2. The zero-order valence-electron chi connectivity index (χ0n) is 30.0. The Hall–Kier alpha value is -4.65. The highest BCUT2D eigenvalue weighted by molar-refractivity contribution is 6.35. The highest BCUT2D eigenvalue weighted by Crippen LogP contribution is 2.39. The van der Waals surface area contributed by atoms with E-state index in [1.165, 1.54) is 18.2 Å². The summed E-state index contributed by atoms with van der Waals surface area (Å²) >= 11 is 12.9. The molecule has 3 aliphatic rings. The predicted molar refractivity (Wildman–Crippen MR) is 202 cm³/mol. The van der Waals surface area contributed by atoms with Gasteiger partial charge in [0.1, 0.15) is 22.3 Å². The summed E-state index contributed by atoms with van der Waals surface area (Å²) in [6.07, 6.45) is 6.64. The maximum absolute atomic E-state index is 13.9. The van der Waals surface area contributed by atoms with Gasteiger partial charge in [-0.3, -0.25) is 0 Å². The average molecular weight is 797 g/mol. The lowest BCUT2D eigenvalue weighted by molar-refractivity contribution is -0.605. The number of anilines is 1. The molecule has 290 valence electrons. The van der Waals surface area contributed by atoms with Crippen LogP contribution >= 0.6 is 23.2 Å². The Kier molecular flexibility index (Phi) is 11.9. The molecular formula is C41H41Cl2F2N3O7. The van der Waals surface area contributed by atoms with Crippen molar-refractivity contribution in [2.75, 3.05) is 19.0 Å². The van der Waals surface area contributed by atoms with Crippen molar-refractivity contribution in [3.8, 4) is 11.5 Å². The first-order valence-corrected chi connectivity index (χ1v) is 19.1. The summed E-state index contributed by atoms with van der Waals surface area (Å²) in [7, 11) is 2.13. The second-order valence-electron chi connectivity index (χ2n) is 14.4. The molecule has 14 heteroatoms. The van der Waals surface area contributed by atoms with Crippen LogP contribution in [0.25, 0.3) is 0 Å². The van der Waals surface area contributed by atoms with Gasteiger partial charge in [-0.1, -0.05) is 65.7 Å². The van der Waals surface area contributed by atoms with E-state index in [2.05, 4.69) is 17.3 Å². The van der Waals surface area contributed by atoms with Gasteiger partial charge in [0, 0.05) is 29.8 Å². The molecule has 1 saturated carbocycles. The standard InChI is InChI=1S/C41H41Cl2F2N3O7/c1-47-29-13-14-30(47)19-31(18-29)53-40(50)38(25-6-3-2-4-7-25)46-28-9-5-8-27(16-28)39(49)54-36(20-32-33(42)21-48(51)22-34(32)43)26-12-15-35(55-41(44)45)37(17-26)52-23-24-10-11-24/h2-9,12,15-17,21-22,24,29-31,36,38,41,46H,10-11,13-14,18-20,23H2,1H3. The van der Waals surface area contributed by atoms with Gasteiger partial charge in [-0.2, -0.15) is 13.5 Å². The lowest BCUT2D eigenvalue weighted by Gasteiger charge is -2.36. The molecule has 7 rings (SSSR count). The van der Waals surface area contributed by atoms with Gasteiger partial charge >= 0.3 is 18.6 Å². The number of carbonyl (C=O) groups is 2. The normalized spacial score (nSPS) is 20.4. The minimum Gasteiger partial charge on any atom is -0.619 e. The minimum absolute atomic E-state index is 0.0457. The van der Waals surface area contributed by atoms with Crippen LogP contribution in [0.5, 0.6) is 11.5 Å². The van der Waals surface area contributed by atoms with Crippen molar-refractivity contribution in [2.45, 2.75) is 81.9 Å². The molecular weight excluding hydrogens is 755 g/mol. The number of benzene rings is 3. The van der Waals surface area contributed by atoms with Crippen LogP contribution in [0.3, 0.4) is 0 Å². The van der Waals surface area contributed by atoms with E-state index in [1.807, 2.05) is 30.3 Å². The number of rotatable bonds is 15. The largest absolute Gasteiger partial charge is 0.619 e. The Balaban J connectivity index is 1.14. The monoisotopic (exact) mass is 795 g/mol. The van der Waals surface area contributed by atoms with Gasteiger partial charge in [-0.15, -0.1) is 0 Å². The van der Waals surface area contributed by atoms with Gasteiger partial charge in [-0.25, -0.2) is 9.59 Å². The zero-order chi connectivity index (χ0) is 38.6. The number of hydrogen-bond acceptors (Lipinski definition) is 9. The van der Waals surface area contributed by atoms with Crippen molar-refractivity contribution in [3.63, 3.8) is 0 Å². The summed E-state index contributed by atoms with van der Waals surface area (Å²) in [5.41, 5.74) is 2.05. The molecule has 0 spiro atoms. The minimum atomic E-state index is -3.09. The topological polar surface area (TPSA) is 113 Å². The second kappa shape index (κ2) is 17.0. The van der Waals surface area contributed by atoms with Crippen LogP contribution in [-0.2, 0) is 20.7 Å². The quantitative estimate of drug-likeness (QED) is 0.0719. The molecule has 1 aliphatic carbocycles. The molecule has 3 heterocycles. The van der Waals surface area contributed by atoms with E-state index in [4.69, 9.17) is 42.1 Å². The van der Waals surface area contributed by atoms with E-state index in [0.29, 0.717) is 51.7 Å². The molecule has 3 aromatic carbocycles. The Morgan fingerprint density at radius 3 is 2.29 bits per heavy atom. The van der Waals surface area contributed by atoms with Crippen molar-refractivity contribution in [1.29, 1.82) is 0 Å². The molecule has 2 saturated heterocycles. The van der Waals surface area contributed by atoms with E-state index in [-0.39, 0.29) is 39.6 Å². The van der Waals surface area contributed by atoms with Crippen LogP contribution in [0, 0.1) is 11.1 Å². The number of halogens is 4. The number of nitrogens with one attached hydrogen (secondary N) is 1. The molecule has 4 aromatic rings. The first-order valence-electron chi connectivity index (χ1n) is 18.3. The third kappa shape index (κ3) is 9.60. The number of pyridine rings is 1. The van der Waals surface area contributed by atoms with Crippen LogP contribution in [0.1, 0.15) is 77.7 Å². The molecule has 4 atom stereocenters. The molecule has 1 N–H and O–H groups in total. The Bertz CT molecular complexity index is 1970. The SMILES string of the molecule is CN1C2CCC1CC(OC(=O)C(Nc1cccc(C(=O)OC(Cc3c(Cl)c[n+]([O-])cc3Cl)c3ccc(OC(F)F)c(OCC4CC4)c3)c1)c1ccccc1)C2. The Morgan fingerprint density at radius 1 is 0.909 bits per heavy atom. The molecule has 10 nitrogen and oxygen atoms in total. The van der Waals surface area contributed by atoms with E-state index >= 15 is 0 Å². The first kappa shape index (κ1) is 38.6. The fourth-order valence-electron chi connectivity index (χ4n) is 7.38. The Labute approximate surface area is 327 Å². The molecule has 4 unspecified atom stereocenters. The van der Waals surface area contributed by atoms with Crippen molar-refractivity contribution >= 4 is 40.8 Å². The number of hydrogen-bond donors (Lipinski definition) is 1. The molecule has 2 aliphatic heterocycles. The van der Waals surface area contributed by atoms with E-state index in [1.54, 1.807) is 24.3 Å². The summed E-state index contributed by atoms with van der Waals surface area (Å²) in [4.78, 5) is 30.1. The summed E-state index contributed by atoms with van der Waals surface area (Å²) in [5, 5.41) is 15.4. The lowest BCUT2D eigenvalue weighted by atomic mass is 10.00. The van der Waals surface area contributed by atoms with Gasteiger partial charge in [-0.05, 0) is 92.9 Å². The van der Waals surface area contributed by atoms with Gasteiger partial charge in [0.25, 0.3) is 0 Å². The summed E-state index contributed by atoms with van der Waals surface area (Å²) in [6, 6.07) is 20.0. The number of alkyl halides is 2. The third-order valence-corrected chi connectivity index (χ3v) is 11.2. The smallest absolute Gasteiger partial charge is 0.387 e. The summed E-state index contributed by atoms with van der Waals surface area (Å²) in [5.74, 6) is -0.939. The fourth-order valence-corrected chi connectivity index (χ4v) is 7.97.